The maximum atomic E-state index is 15.0. The number of esters is 1. The number of aliphatic hydroxyl groups excluding tert-OH is 1. The molecule has 1 N–H and O–H groups in total. The van der Waals surface area contributed by atoms with Crippen LogP contribution in [0.25, 0.3) is 0 Å². The lowest BCUT2D eigenvalue weighted by Gasteiger charge is -2.36. The van der Waals surface area contributed by atoms with Gasteiger partial charge in [0.15, 0.2) is 0 Å². The maximum Gasteiger partial charge on any atom is 0.313 e. The molecule has 0 saturated carbocycles. The predicted molar refractivity (Wildman–Crippen MR) is 192 cm³/mol. The fourth-order valence-corrected chi connectivity index (χ4v) is 8.76. The number of ether oxygens (including phenoxy) is 2. The van der Waals surface area contributed by atoms with Crippen LogP contribution in [0.5, 0.6) is 0 Å². The van der Waals surface area contributed by atoms with Crippen LogP contribution in [0.1, 0.15) is 57.1 Å². The van der Waals surface area contributed by atoms with Crippen LogP contribution in [0.2, 0.25) is 5.02 Å². The first-order valence-electron chi connectivity index (χ1n) is 17.3. The summed E-state index contributed by atoms with van der Waals surface area (Å²) in [5, 5.41) is 9.66. The Kier molecular flexibility index (Phi) is 11.2. The van der Waals surface area contributed by atoms with Crippen molar-refractivity contribution in [2.24, 2.45) is 11.8 Å². The minimum atomic E-state index is -1.44. The first-order chi connectivity index (χ1) is 24.1. The SMILES string of the molecule is C[C@H]1[C@H](c2ccccc2)OC(=O)[C@H]2[C@@H]3O[C@@]4(C=C3Br)[C@@H]2C(=O)N(CCCCCCO)[C@@H]4C(=O)N(c2ccccc2Cl)C/C=C\CCC(=O)N1C. The van der Waals surface area contributed by atoms with Crippen LogP contribution in [-0.4, -0.2) is 89.1 Å². The molecule has 4 aliphatic rings. The summed E-state index contributed by atoms with van der Waals surface area (Å²) in [6.45, 7) is 2.33. The zero-order valence-corrected chi connectivity index (χ0v) is 30.6. The number of rotatable bonds is 8. The van der Waals surface area contributed by atoms with E-state index in [1.165, 1.54) is 0 Å². The molecule has 2 fully saturated rings. The molecule has 0 aromatic heterocycles. The summed E-state index contributed by atoms with van der Waals surface area (Å²) >= 11 is 10.3. The van der Waals surface area contributed by atoms with Crippen molar-refractivity contribution < 1.29 is 33.8 Å². The third-order valence-electron chi connectivity index (χ3n) is 10.4. The number of amides is 3. The molecule has 7 atom stereocenters. The number of likely N-dealkylation sites (N-methyl/N-ethyl adjacent to an activating group) is 1. The van der Waals surface area contributed by atoms with E-state index in [1.54, 1.807) is 52.1 Å². The summed E-state index contributed by atoms with van der Waals surface area (Å²) in [5.74, 6) is -3.56. The number of anilines is 1. The van der Waals surface area contributed by atoms with Gasteiger partial charge in [0.1, 0.15) is 29.8 Å². The van der Waals surface area contributed by atoms with Crippen molar-refractivity contribution in [1.82, 2.24) is 9.80 Å². The molecular weight excluding hydrogens is 726 g/mol. The number of hydrogen-bond acceptors (Lipinski definition) is 7. The highest BCUT2D eigenvalue weighted by atomic mass is 79.9. The number of cyclic esters (lactones) is 1. The highest BCUT2D eigenvalue weighted by Crippen LogP contribution is 2.59. The van der Waals surface area contributed by atoms with Gasteiger partial charge in [-0.25, -0.2) is 0 Å². The smallest absolute Gasteiger partial charge is 0.313 e. The maximum absolute atomic E-state index is 15.0. The van der Waals surface area contributed by atoms with Crippen molar-refractivity contribution in [3.63, 3.8) is 0 Å². The van der Waals surface area contributed by atoms with E-state index in [1.807, 2.05) is 49.4 Å². The molecule has 4 heterocycles. The summed E-state index contributed by atoms with van der Waals surface area (Å²) < 4.78 is 13.6. The second-order valence-corrected chi connectivity index (χ2v) is 14.7. The summed E-state index contributed by atoms with van der Waals surface area (Å²) in [6.07, 6.45) is 7.23. The van der Waals surface area contributed by atoms with Gasteiger partial charge in [-0.05, 0) is 50.0 Å². The molecule has 10 nitrogen and oxygen atoms in total. The van der Waals surface area contributed by atoms with Gasteiger partial charge in [-0.2, -0.15) is 0 Å². The monoisotopic (exact) mass is 767 g/mol. The number of hydrogen-bond donors (Lipinski definition) is 1. The quantitative estimate of drug-likeness (QED) is 0.212. The van der Waals surface area contributed by atoms with Gasteiger partial charge in [0, 0.05) is 37.6 Å². The van der Waals surface area contributed by atoms with E-state index in [-0.39, 0.29) is 37.9 Å². The van der Waals surface area contributed by atoms with Crippen LogP contribution in [0.15, 0.2) is 77.3 Å². The number of unbranched alkanes of at least 4 members (excludes halogenated alkanes) is 3. The van der Waals surface area contributed by atoms with Gasteiger partial charge in [0.05, 0.1) is 22.7 Å². The molecule has 266 valence electrons. The van der Waals surface area contributed by atoms with Crippen molar-refractivity contribution in [2.45, 2.75) is 75.3 Å². The molecule has 4 aliphatic heterocycles. The molecule has 0 unspecified atom stereocenters. The fourth-order valence-electron chi connectivity index (χ4n) is 7.78. The topological polar surface area (TPSA) is 117 Å². The minimum Gasteiger partial charge on any atom is -0.455 e. The van der Waals surface area contributed by atoms with Crippen molar-refractivity contribution in [3.8, 4) is 0 Å². The number of para-hydroxylation sites is 1. The normalized spacial score (nSPS) is 30.8. The van der Waals surface area contributed by atoms with Crippen molar-refractivity contribution >= 4 is 56.9 Å². The second-order valence-electron chi connectivity index (χ2n) is 13.4. The molecule has 2 saturated heterocycles. The summed E-state index contributed by atoms with van der Waals surface area (Å²) in [7, 11) is 1.70. The van der Waals surface area contributed by atoms with Crippen molar-refractivity contribution in [2.75, 3.05) is 31.6 Å². The Morgan fingerprint density at radius 3 is 2.40 bits per heavy atom. The van der Waals surface area contributed by atoms with E-state index in [0.29, 0.717) is 40.0 Å². The van der Waals surface area contributed by atoms with Crippen LogP contribution in [0, 0.1) is 11.8 Å². The van der Waals surface area contributed by atoms with Gasteiger partial charge in [0.25, 0.3) is 5.91 Å². The van der Waals surface area contributed by atoms with Crippen LogP contribution in [-0.2, 0) is 28.7 Å². The molecule has 2 aromatic carbocycles. The molecule has 12 heteroatoms. The number of halogens is 2. The summed E-state index contributed by atoms with van der Waals surface area (Å²) in [5.41, 5.74) is -0.256. The number of nitrogens with zero attached hydrogens (tertiary/aromatic N) is 3. The predicted octanol–water partition coefficient (Wildman–Crippen LogP) is 5.58. The van der Waals surface area contributed by atoms with Crippen LogP contribution in [0.3, 0.4) is 0 Å². The average Bonchev–Trinajstić information content (AvgIpc) is 3.71. The van der Waals surface area contributed by atoms with E-state index < -0.39 is 53.6 Å². The van der Waals surface area contributed by atoms with Crippen LogP contribution >= 0.6 is 27.5 Å². The first-order valence-corrected chi connectivity index (χ1v) is 18.5. The fraction of sp³-hybridized carbons (Fsp3) is 0.474. The lowest BCUT2D eigenvalue weighted by molar-refractivity contribution is -0.164. The van der Waals surface area contributed by atoms with Crippen LogP contribution < -0.4 is 4.90 Å². The third-order valence-corrected chi connectivity index (χ3v) is 11.4. The molecule has 1 spiro atoms. The Labute approximate surface area is 306 Å². The zero-order valence-electron chi connectivity index (χ0n) is 28.3. The largest absolute Gasteiger partial charge is 0.455 e. The lowest BCUT2D eigenvalue weighted by atomic mass is 9.74. The molecule has 2 aromatic rings. The number of carbonyl (C=O) groups is 4. The molecule has 0 radical (unpaired) electrons. The Morgan fingerprint density at radius 1 is 0.940 bits per heavy atom. The van der Waals surface area contributed by atoms with Crippen LogP contribution in [0.4, 0.5) is 5.69 Å². The van der Waals surface area contributed by atoms with Crippen molar-refractivity contribution in [1.29, 1.82) is 0 Å². The van der Waals surface area contributed by atoms with Gasteiger partial charge in [-0.1, -0.05) is 95.0 Å². The van der Waals surface area contributed by atoms with Gasteiger partial charge < -0.3 is 29.3 Å². The van der Waals surface area contributed by atoms with E-state index in [2.05, 4.69) is 15.9 Å². The number of fused-ring (bicyclic) bond motifs is 2. The van der Waals surface area contributed by atoms with Gasteiger partial charge >= 0.3 is 5.97 Å². The molecule has 3 amide bonds. The van der Waals surface area contributed by atoms with Gasteiger partial charge in [-0.15, -0.1) is 0 Å². The molecule has 5 bridgehead atoms. The second kappa shape index (κ2) is 15.4. The molecular formula is C38H43BrClN3O7. The number of allylic oxidation sites excluding steroid dienone is 1. The first kappa shape index (κ1) is 36.3. The number of benzene rings is 2. The Balaban J connectivity index is 1.46. The highest BCUT2D eigenvalue weighted by molar-refractivity contribution is 9.11. The minimum absolute atomic E-state index is 0.0830. The standard InChI is InChI=1S/C38H43BrClN3O7/c1-24-32(25-15-7-5-8-16-25)49-37(48)30-31-35(46)43(21-12-3-4-14-22-44)34(38(31)23-26(39)33(30)50-38)36(47)42(28-18-11-10-17-27(28)40)20-13-6-9-19-29(45)41(24)2/h5-8,10-11,13,15-18,23-24,30-34,44H,3-4,9,12,14,19-22H2,1-2H3/b13-6-/t24-,30+,31-,32+,33+,34+,38-/m0/s1. The summed E-state index contributed by atoms with van der Waals surface area (Å²) in [4.78, 5) is 62.3. The number of aliphatic hydroxyl groups is 1. The lowest BCUT2D eigenvalue weighted by Crippen LogP contribution is -2.56. The van der Waals surface area contributed by atoms with Gasteiger partial charge in [-0.3, -0.25) is 19.2 Å². The number of carbonyl (C=O) groups excluding carboxylic acids is 4. The summed E-state index contributed by atoms with van der Waals surface area (Å²) in [6, 6.07) is 14.7. The van der Waals surface area contributed by atoms with Gasteiger partial charge in [0.2, 0.25) is 11.8 Å². The molecule has 0 aliphatic carbocycles. The van der Waals surface area contributed by atoms with E-state index in [9.17, 15) is 19.5 Å². The molecule has 6 rings (SSSR count). The number of likely N-dealkylation sites (tertiary alicyclic amines) is 1. The van der Waals surface area contributed by atoms with Crippen molar-refractivity contribution in [3.05, 3.63) is 87.9 Å². The van der Waals surface area contributed by atoms with E-state index >= 15 is 4.79 Å². The molecule has 50 heavy (non-hydrogen) atoms. The zero-order chi connectivity index (χ0) is 35.6. The van der Waals surface area contributed by atoms with E-state index in [0.717, 1.165) is 12.8 Å². The highest BCUT2D eigenvalue weighted by Gasteiger charge is 2.75. The van der Waals surface area contributed by atoms with E-state index in [4.69, 9.17) is 21.1 Å². The average molecular weight is 769 g/mol. The Hall–Kier alpha value is -3.51. The Morgan fingerprint density at radius 2 is 1.66 bits per heavy atom. The Bertz CT molecular complexity index is 1670. The third kappa shape index (κ3) is 6.65.